The van der Waals surface area contributed by atoms with Crippen molar-refractivity contribution in [1.29, 1.82) is 0 Å². The Morgan fingerprint density at radius 2 is 2.30 bits per heavy atom. The van der Waals surface area contributed by atoms with E-state index in [1.165, 1.54) is 0 Å². The van der Waals surface area contributed by atoms with Gasteiger partial charge in [0, 0.05) is 30.2 Å². The molecule has 2 aromatic rings. The fourth-order valence-electron chi connectivity index (χ4n) is 1.99. The lowest BCUT2D eigenvalue weighted by atomic mass is 10.2. The second-order valence-electron chi connectivity index (χ2n) is 4.71. The minimum Gasteiger partial charge on any atom is -0.399 e. The van der Waals surface area contributed by atoms with Crippen LogP contribution in [0.4, 0.5) is 5.69 Å². The van der Waals surface area contributed by atoms with Crippen LogP contribution in [0.3, 0.4) is 0 Å². The van der Waals surface area contributed by atoms with E-state index in [0.717, 1.165) is 30.8 Å². The van der Waals surface area contributed by atoms with Crippen molar-refractivity contribution in [3.05, 3.63) is 36.7 Å². The molecule has 0 spiro atoms. The van der Waals surface area contributed by atoms with E-state index in [-0.39, 0.29) is 12.5 Å². The molecule has 0 radical (unpaired) electrons. The summed E-state index contributed by atoms with van der Waals surface area (Å²) in [5.74, 6) is 0.754. The second-order valence-corrected chi connectivity index (χ2v) is 4.71. The number of nitrogen functional groups attached to an aromatic ring is 1. The molecular formula is C15H20N4O. The molecule has 3 N–H and O–H groups in total. The number of aromatic nitrogens is 2. The highest BCUT2D eigenvalue weighted by Gasteiger charge is 2.09. The van der Waals surface area contributed by atoms with Crippen LogP contribution < -0.4 is 11.1 Å². The van der Waals surface area contributed by atoms with E-state index in [2.05, 4.69) is 17.2 Å². The van der Waals surface area contributed by atoms with Gasteiger partial charge in [0.15, 0.2) is 0 Å². The molecule has 0 saturated carbocycles. The summed E-state index contributed by atoms with van der Waals surface area (Å²) in [6, 6.07) is 7.50. The average molecular weight is 272 g/mol. The van der Waals surface area contributed by atoms with Crippen LogP contribution in [0, 0.1) is 0 Å². The fourth-order valence-corrected chi connectivity index (χ4v) is 1.99. The zero-order valence-corrected chi connectivity index (χ0v) is 11.7. The van der Waals surface area contributed by atoms with Crippen LogP contribution >= 0.6 is 0 Å². The first kappa shape index (κ1) is 14.1. The molecule has 20 heavy (non-hydrogen) atoms. The molecule has 5 heteroatoms. The molecule has 0 bridgehead atoms. The third-order valence-corrected chi connectivity index (χ3v) is 3.03. The van der Waals surface area contributed by atoms with Crippen LogP contribution in [0.25, 0.3) is 11.4 Å². The van der Waals surface area contributed by atoms with E-state index < -0.39 is 0 Å². The van der Waals surface area contributed by atoms with E-state index in [1.807, 2.05) is 28.8 Å². The standard InChI is InChI=1S/C15H20N4O/c1-2-3-7-17-14(20)11-19-9-8-18-15(19)12-5-4-6-13(16)10-12/h4-6,8-10H,2-3,7,11,16H2,1H3,(H,17,20). The highest BCUT2D eigenvalue weighted by molar-refractivity contribution is 5.76. The van der Waals surface area contributed by atoms with Crippen LogP contribution in [0.5, 0.6) is 0 Å². The fraction of sp³-hybridized carbons (Fsp3) is 0.333. The molecule has 5 nitrogen and oxygen atoms in total. The summed E-state index contributed by atoms with van der Waals surface area (Å²) in [7, 11) is 0. The molecule has 1 aromatic heterocycles. The van der Waals surface area contributed by atoms with Crippen molar-refractivity contribution in [3.63, 3.8) is 0 Å². The summed E-state index contributed by atoms with van der Waals surface area (Å²) < 4.78 is 1.83. The lowest BCUT2D eigenvalue weighted by Gasteiger charge is -2.09. The smallest absolute Gasteiger partial charge is 0.239 e. The highest BCUT2D eigenvalue weighted by Crippen LogP contribution is 2.19. The van der Waals surface area contributed by atoms with Gasteiger partial charge in [0.1, 0.15) is 12.4 Å². The lowest BCUT2D eigenvalue weighted by Crippen LogP contribution is -2.28. The third-order valence-electron chi connectivity index (χ3n) is 3.03. The number of imidazole rings is 1. The summed E-state index contributed by atoms with van der Waals surface area (Å²) in [5.41, 5.74) is 7.38. The van der Waals surface area contributed by atoms with Crippen molar-refractivity contribution in [1.82, 2.24) is 14.9 Å². The number of benzene rings is 1. The first-order valence-corrected chi connectivity index (χ1v) is 6.84. The number of hydrogen-bond donors (Lipinski definition) is 2. The van der Waals surface area contributed by atoms with Crippen molar-refractivity contribution in [2.45, 2.75) is 26.3 Å². The first-order valence-electron chi connectivity index (χ1n) is 6.84. The van der Waals surface area contributed by atoms with Gasteiger partial charge in [0.25, 0.3) is 0 Å². The monoisotopic (exact) mass is 272 g/mol. The number of rotatable bonds is 6. The lowest BCUT2D eigenvalue weighted by molar-refractivity contribution is -0.121. The van der Waals surface area contributed by atoms with Crippen LogP contribution in [-0.4, -0.2) is 22.0 Å². The maximum absolute atomic E-state index is 11.9. The predicted octanol–water partition coefficient (Wildman–Crippen LogP) is 2.05. The van der Waals surface area contributed by atoms with Crippen LogP contribution in [0.2, 0.25) is 0 Å². The summed E-state index contributed by atoms with van der Waals surface area (Å²) in [6.07, 6.45) is 5.56. The minimum atomic E-state index is 0.00148. The topological polar surface area (TPSA) is 72.9 Å². The molecule has 0 unspecified atom stereocenters. The van der Waals surface area contributed by atoms with Gasteiger partial charge in [-0.05, 0) is 18.6 Å². The molecule has 1 aromatic carbocycles. The number of hydrogen-bond acceptors (Lipinski definition) is 3. The number of nitrogens with zero attached hydrogens (tertiary/aromatic N) is 2. The molecule has 2 rings (SSSR count). The van der Waals surface area contributed by atoms with Gasteiger partial charge < -0.3 is 15.6 Å². The predicted molar refractivity (Wildman–Crippen MR) is 80.0 cm³/mol. The normalized spacial score (nSPS) is 10.4. The Hall–Kier alpha value is -2.30. The van der Waals surface area contributed by atoms with Gasteiger partial charge in [-0.2, -0.15) is 0 Å². The number of anilines is 1. The summed E-state index contributed by atoms with van der Waals surface area (Å²) in [6.45, 7) is 3.09. The molecule has 106 valence electrons. The van der Waals surface area contributed by atoms with Crippen molar-refractivity contribution in [2.75, 3.05) is 12.3 Å². The Labute approximate surface area is 118 Å². The Bertz CT molecular complexity index is 577. The van der Waals surface area contributed by atoms with Crippen LogP contribution in [0.15, 0.2) is 36.7 Å². The Balaban J connectivity index is 2.07. The Morgan fingerprint density at radius 3 is 3.05 bits per heavy atom. The molecule has 0 aliphatic rings. The van der Waals surface area contributed by atoms with Crippen molar-refractivity contribution >= 4 is 11.6 Å². The van der Waals surface area contributed by atoms with Crippen LogP contribution in [0.1, 0.15) is 19.8 Å². The summed E-state index contributed by atoms with van der Waals surface area (Å²) >= 11 is 0. The molecule has 0 aliphatic carbocycles. The summed E-state index contributed by atoms with van der Waals surface area (Å²) in [5, 5.41) is 2.90. The highest BCUT2D eigenvalue weighted by atomic mass is 16.1. The maximum atomic E-state index is 11.9. The number of nitrogens with one attached hydrogen (secondary N) is 1. The Morgan fingerprint density at radius 1 is 1.45 bits per heavy atom. The van der Waals surface area contributed by atoms with Gasteiger partial charge in [-0.25, -0.2) is 4.98 Å². The molecule has 0 aliphatic heterocycles. The van der Waals surface area contributed by atoms with E-state index in [4.69, 9.17) is 5.73 Å². The van der Waals surface area contributed by atoms with E-state index >= 15 is 0 Å². The molecule has 1 heterocycles. The van der Waals surface area contributed by atoms with Gasteiger partial charge >= 0.3 is 0 Å². The molecular weight excluding hydrogens is 252 g/mol. The van der Waals surface area contributed by atoms with Gasteiger partial charge in [-0.1, -0.05) is 25.5 Å². The largest absolute Gasteiger partial charge is 0.399 e. The van der Waals surface area contributed by atoms with Gasteiger partial charge in [0.05, 0.1) is 0 Å². The number of unbranched alkanes of at least 4 members (excludes halogenated alkanes) is 1. The van der Waals surface area contributed by atoms with Crippen molar-refractivity contribution in [2.24, 2.45) is 0 Å². The first-order chi connectivity index (χ1) is 9.70. The van der Waals surface area contributed by atoms with Crippen LogP contribution in [-0.2, 0) is 11.3 Å². The number of nitrogens with two attached hydrogens (primary N) is 1. The van der Waals surface area contributed by atoms with Gasteiger partial charge in [-0.3, -0.25) is 4.79 Å². The number of amides is 1. The van der Waals surface area contributed by atoms with Crippen molar-refractivity contribution in [3.8, 4) is 11.4 Å². The second kappa shape index (κ2) is 6.75. The third kappa shape index (κ3) is 3.60. The molecule has 0 atom stereocenters. The summed E-state index contributed by atoms with van der Waals surface area (Å²) in [4.78, 5) is 16.2. The maximum Gasteiger partial charge on any atom is 0.239 e. The minimum absolute atomic E-state index is 0.00148. The zero-order chi connectivity index (χ0) is 14.4. The van der Waals surface area contributed by atoms with E-state index in [9.17, 15) is 4.79 Å². The molecule has 0 fully saturated rings. The SMILES string of the molecule is CCCCNC(=O)Cn1ccnc1-c1cccc(N)c1. The van der Waals surface area contributed by atoms with E-state index in [0.29, 0.717) is 5.69 Å². The van der Waals surface area contributed by atoms with Gasteiger partial charge in [0.2, 0.25) is 5.91 Å². The Kier molecular flexibility index (Phi) is 4.76. The number of carbonyl (C=O) groups excluding carboxylic acids is 1. The van der Waals surface area contributed by atoms with Gasteiger partial charge in [-0.15, -0.1) is 0 Å². The molecule has 1 amide bonds. The molecule has 0 saturated heterocycles. The zero-order valence-electron chi connectivity index (χ0n) is 11.7. The number of carbonyl (C=O) groups is 1. The van der Waals surface area contributed by atoms with Crippen molar-refractivity contribution < 1.29 is 4.79 Å². The van der Waals surface area contributed by atoms with E-state index in [1.54, 1.807) is 12.4 Å². The quantitative estimate of drug-likeness (QED) is 0.624. The average Bonchev–Trinajstić information content (AvgIpc) is 2.87.